The first-order chi connectivity index (χ1) is 5.66. The van der Waals surface area contributed by atoms with Crippen LogP contribution in [-0.4, -0.2) is 4.98 Å². The number of aromatic nitrogens is 1. The number of rotatable bonds is 2. The molecule has 1 atom stereocenters. The molecule has 0 aromatic carbocycles. The molecule has 0 bridgehead atoms. The van der Waals surface area contributed by atoms with Crippen molar-refractivity contribution in [2.24, 2.45) is 0 Å². The van der Waals surface area contributed by atoms with Crippen LogP contribution in [0.15, 0.2) is 12.4 Å². The lowest BCUT2D eigenvalue weighted by atomic mass is 9.94. The highest BCUT2D eigenvalue weighted by Crippen LogP contribution is 2.22. The summed E-state index contributed by atoms with van der Waals surface area (Å²) in [4.78, 5) is 4.21. The maximum atomic E-state index is 4.21. The number of hydrogen-bond acceptors (Lipinski definition) is 1. The lowest BCUT2D eigenvalue weighted by Gasteiger charge is -2.12. The minimum absolute atomic E-state index is 0.636. The molecule has 1 nitrogen and oxygen atoms in total. The van der Waals surface area contributed by atoms with Gasteiger partial charge in [0.05, 0.1) is 0 Å². The van der Waals surface area contributed by atoms with Gasteiger partial charge in [0, 0.05) is 12.4 Å². The fraction of sp³-hybridized carbons (Fsp3) is 0.545. The molecule has 0 aliphatic heterocycles. The van der Waals surface area contributed by atoms with E-state index in [0.717, 1.165) is 0 Å². The summed E-state index contributed by atoms with van der Waals surface area (Å²) in [6.07, 6.45) is 5.11. The standard InChI is InChI=1S/C11H17N/c1-5-8(2)11-7-12-6-9(3)10(11)4/h6-8H,5H2,1-4H3. The monoisotopic (exact) mass is 163 g/mol. The van der Waals surface area contributed by atoms with Gasteiger partial charge >= 0.3 is 0 Å². The van der Waals surface area contributed by atoms with Gasteiger partial charge < -0.3 is 0 Å². The Bertz CT molecular complexity index is 266. The third-order valence-electron chi connectivity index (χ3n) is 2.65. The fourth-order valence-electron chi connectivity index (χ4n) is 1.37. The Morgan fingerprint density at radius 1 is 1.33 bits per heavy atom. The van der Waals surface area contributed by atoms with Crippen molar-refractivity contribution in [2.75, 3.05) is 0 Å². The second-order valence-electron chi connectivity index (χ2n) is 3.48. The molecule has 0 spiro atoms. The predicted molar refractivity (Wildman–Crippen MR) is 52.4 cm³/mol. The molecule has 0 amide bonds. The molecule has 1 heteroatoms. The lowest BCUT2D eigenvalue weighted by molar-refractivity contribution is 0.722. The van der Waals surface area contributed by atoms with Crippen LogP contribution in [0.3, 0.4) is 0 Å². The van der Waals surface area contributed by atoms with Gasteiger partial charge in [0.15, 0.2) is 0 Å². The fourth-order valence-corrected chi connectivity index (χ4v) is 1.37. The van der Waals surface area contributed by atoms with Gasteiger partial charge in [-0.15, -0.1) is 0 Å². The van der Waals surface area contributed by atoms with Gasteiger partial charge in [-0.2, -0.15) is 0 Å². The summed E-state index contributed by atoms with van der Waals surface area (Å²) in [7, 11) is 0. The van der Waals surface area contributed by atoms with Crippen LogP contribution in [0.5, 0.6) is 0 Å². The zero-order valence-electron chi connectivity index (χ0n) is 8.39. The van der Waals surface area contributed by atoms with Gasteiger partial charge in [-0.25, -0.2) is 0 Å². The molecule has 1 aromatic heterocycles. The molecule has 0 fully saturated rings. The van der Waals surface area contributed by atoms with E-state index in [1.54, 1.807) is 0 Å². The molecule has 66 valence electrons. The van der Waals surface area contributed by atoms with Crippen molar-refractivity contribution in [3.8, 4) is 0 Å². The lowest BCUT2D eigenvalue weighted by Crippen LogP contribution is -1.98. The first kappa shape index (κ1) is 9.24. The van der Waals surface area contributed by atoms with Crippen LogP contribution in [-0.2, 0) is 0 Å². The molecule has 1 rings (SSSR count). The van der Waals surface area contributed by atoms with Crippen molar-refractivity contribution in [3.05, 3.63) is 29.1 Å². The van der Waals surface area contributed by atoms with Crippen molar-refractivity contribution in [1.29, 1.82) is 0 Å². The molecule has 0 saturated carbocycles. The van der Waals surface area contributed by atoms with Gasteiger partial charge in [-0.3, -0.25) is 4.98 Å². The van der Waals surface area contributed by atoms with Gasteiger partial charge in [-0.1, -0.05) is 13.8 Å². The van der Waals surface area contributed by atoms with Crippen molar-refractivity contribution in [2.45, 2.75) is 40.0 Å². The molecule has 0 N–H and O–H groups in total. The van der Waals surface area contributed by atoms with E-state index in [9.17, 15) is 0 Å². The third kappa shape index (κ3) is 1.66. The minimum atomic E-state index is 0.636. The van der Waals surface area contributed by atoms with Gasteiger partial charge in [0.1, 0.15) is 0 Å². The SMILES string of the molecule is CCC(C)c1cncc(C)c1C. The average Bonchev–Trinajstić information content (AvgIpc) is 2.08. The summed E-state index contributed by atoms with van der Waals surface area (Å²) in [6, 6.07) is 0. The maximum Gasteiger partial charge on any atom is 0.0305 e. The highest BCUT2D eigenvalue weighted by Gasteiger charge is 2.07. The Morgan fingerprint density at radius 2 is 2.00 bits per heavy atom. The Kier molecular flexibility index (Phi) is 2.85. The van der Waals surface area contributed by atoms with E-state index in [1.807, 2.05) is 12.4 Å². The summed E-state index contributed by atoms with van der Waals surface area (Å²) < 4.78 is 0. The van der Waals surface area contributed by atoms with Crippen LogP contribution >= 0.6 is 0 Å². The molecule has 0 saturated heterocycles. The second kappa shape index (κ2) is 3.70. The van der Waals surface area contributed by atoms with E-state index in [4.69, 9.17) is 0 Å². The Balaban J connectivity index is 3.07. The summed E-state index contributed by atoms with van der Waals surface area (Å²) in [6.45, 7) is 8.77. The first-order valence-corrected chi connectivity index (χ1v) is 4.58. The molecular formula is C11H17N. The quantitative estimate of drug-likeness (QED) is 0.652. The van der Waals surface area contributed by atoms with Crippen molar-refractivity contribution >= 4 is 0 Å². The van der Waals surface area contributed by atoms with E-state index in [0.29, 0.717) is 5.92 Å². The zero-order valence-corrected chi connectivity index (χ0v) is 8.39. The normalized spacial score (nSPS) is 13.0. The zero-order chi connectivity index (χ0) is 9.14. The number of hydrogen-bond donors (Lipinski definition) is 0. The minimum Gasteiger partial charge on any atom is -0.264 e. The molecule has 0 aliphatic rings. The van der Waals surface area contributed by atoms with Gasteiger partial charge in [0.25, 0.3) is 0 Å². The molecular weight excluding hydrogens is 146 g/mol. The second-order valence-corrected chi connectivity index (χ2v) is 3.48. The average molecular weight is 163 g/mol. The van der Waals surface area contributed by atoms with Crippen LogP contribution in [0.4, 0.5) is 0 Å². The van der Waals surface area contributed by atoms with Crippen LogP contribution in [0.25, 0.3) is 0 Å². The molecule has 1 aromatic rings. The van der Waals surface area contributed by atoms with E-state index < -0.39 is 0 Å². The molecule has 0 radical (unpaired) electrons. The van der Waals surface area contributed by atoms with E-state index >= 15 is 0 Å². The summed E-state index contributed by atoms with van der Waals surface area (Å²) in [5.74, 6) is 0.636. The van der Waals surface area contributed by atoms with Crippen LogP contribution < -0.4 is 0 Å². The van der Waals surface area contributed by atoms with E-state index in [-0.39, 0.29) is 0 Å². The molecule has 12 heavy (non-hydrogen) atoms. The van der Waals surface area contributed by atoms with Crippen LogP contribution in [0.2, 0.25) is 0 Å². The van der Waals surface area contributed by atoms with E-state index in [2.05, 4.69) is 32.7 Å². The van der Waals surface area contributed by atoms with Crippen LogP contribution in [0.1, 0.15) is 42.9 Å². The number of aryl methyl sites for hydroxylation is 1. The summed E-state index contributed by atoms with van der Waals surface area (Å²) in [5.41, 5.74) is 4.10. The number of nitrogens with zero attached hydrogens (tertiary/aromatic N) is 1. The van der Waals surface area contributed by atoms with Crippen LogP contribution in [0, 0.1) is 13.8 Å². The highest BCUT2D eigenvalue weighted by molar-refractivity contribution is 5.31. The summed E-state index contributed by atoms with van der Waals surface area (Å²) in [5, 5.41) is 0. The predicted octanol–water partition coefficient (Wildman–Crippen LogP) is 3.21. The Morgan fingerprint density at radius 3 is 2.58 bits per heavy atom. The summed E-state index contributed by atoms with van der Waals surface area (Å²) >= 11 is 0. The Labute approximate surface area is 74.8 Å². The van der Waals surface area contributed by atoms with Crippen molar-refractivity contribution < 1.29 is 0 Å². The molecule has 0 aliphatic carbocycles. The van der Waals surface area contributed by atoms with Crippen molar-refractivity contribution in [1.82, 2.24) is 4.98 Å². The first-order valence-electron chi connectivity index (χ1n) is 4.58. The van der Waals surface area contributed by atoms with E-state index in [1.165, 1.54) is 23.1 Å². The van der Waals surface area contributed by atoms with Crippen molar-refractivity contribution in [3.63, 3.8) is 0 Å². The van der Waals surface area contributed by atoms with Gasteiger partial charge in [0.2, 0.25) is 0 Å². The molecule has 1 unspecified atom stereocenters. The molecule has 1 heterocycles. The highest BCUT2D eigenvalue weighted by atomic mass is 14.6. The smallest absolute Gasteiger partial charge is 0.0305 e. The largest absolute Gasteiger partial charge is 0.264 e. The maximum absolute atomic E-state index is 4.21. The number of pyridine rings is 1. The van der Waals surface area contributed by atoms with Gasteiger partial charge in [-0.05, 0) is 42.9 Å². The Hall–Kier alpha value is -0.850. The topological polar surface area (TPSA) is 12.9 Å². The third-order valence-corrected chi connectivity index (χ3v) is 2.65.